The lowest BCUT2D eigenvalue weighted by Gasteiger charge is -2.40. The minimum absolute atomic E-state index is 0.0715. The fourth-order valence-corrected chi connectivity index (χ4v) is 15.4. The minimum Gasteiger partial charge on any atom is -0.508 e. The van der Waals surface area contributed by atoms with Crippen molar-refractivity contribution >= 4 is 10.9 Å². The molecular weight excluding hydrogens is 1280 g/mol. The van der Waals surface area contributed by atoms with Crippen LogP contribution in [0.25, 0.3) is 0 Å². The predicted octanol–water partition coefficient (Wildman–Crippen LogP) is 25.7. The lowest BCUT2D eigenvalue weighted by molar-refractivity contribution is -0.143. The van der Waals surface area contributed by atoms with E-state index >= 15 is 0 Å². The van der Waals surface area contributed by atoms with Crippen LogP contribution in [0.4, 0.5) is 0 Å². The summed E-state index contributed by atoms with van der Waals surface area (Å²) in [6.07, 6.45) is 21.5. The van der Waals surface area contributed by atoms with Crippen molar-refractivity contribution in [3.8, 4) is 40.2 Å². The van der Waals surface area contributed by atoms with Gasteiger partial charge in [-0.25, -0.2) is 0 Å². The van der Waals surface area contributed by atoms with E-state index in [1.54, 1.807) is 33.5 Å². The molecule has 0 radical (unpaired) electrons. The predicted molar refractivity (Wildman–Crippen MR) is 425 cm³/mol. The summed E-state index contributed by atoms with van der Waals surface area (Å²) in [5, 5.41) is 9.01. The number of benzene rings is 8. The Morgan fingerprint density at radius 3 is 1.25 bits per heavy atom. The Hall–Kier alpha value is -7.37. The van der Waals surface area contributed by atoms with Gasteiger partial charge in [0.1, 0.15) is 45.8 Å². The van der Waals surface area contributed by atoms with Gasteiger partial charge in [-0.3, -0.25) is 0 Å². The molecule has 3 aliphatic rings. The van der Waals surface area contributed by atoms with Crippen molar-refractivity contribution < 1.29 is 43.0 Å². The molecule has 9 unspecified atom stereocenters. The van der Waals surface area contributed by atoms with Gasteiger partial charge >= 0.3 is 0 Å². The molecule has 10 heteroatoms. The van der Waals surface area contributed by atoms with Crippen molar-refractivity contribution in [1.82, 2.24) is 0 Å². The van der Waals surface area contributed by atoms with Crippen LogP contribution in [0.2, 0.25) is 0 Å². The van der Waals surface area contributed by atoms with Gasteiger partial charge in [-0.05, 0) is 234 Å². The third-order valence-electron chi connectivity index (χ3n) is 21.1. The van der Waals surface area contributed by atoms with Gasteiger partial charge in [0.2, 0.25) is 6.29 Å². The summed E-state index contributed by atoms with van der Waals surface area (Å²) >= 11 is 0. The highest BCUT2D eigenvalue weighted by Crippen LogP contribution is 2.43. The number of phenols is 1. The van der Waals surface area contributed by atoms with Crippen molar-refractivity contribution in [2.75, 3.05) is 27.9 Å². The summed E-state index contributed by atoms with van der Waals surface area (Å²) in [6, 6.07) is 68.0. The first-order valence-electron chi connectivity index (χ1n) is 38.5. The zero-order valence-corrected chi connectivity index (χ0v) is 65.5. The molecule has 1 N–H and O–H groups in total. The molecule has 0 spiro atoms. The highest BCUT2D eigenvalue weighted by Gasteiger charge is 2.35. The van der Waals surface area contributed by atoms with Crippen LogP contribution in [0.1, 0.15) is 250 Å². The zero-order valence-electron chi connectivity index (χ0n) is 64.7. The van der Waals surface area contributed by atoms with Gasteiger partial charge < -0.3 is 43.0 Å². The van der Waals surface area contributed by atoms with Crippen molar-refractivity contribution in [1.29, 1.82) is 0 Å². The van der Waals surface area contributed by atoms with E-state index in [4.69, 9.17) is 43.0 Å². The summed E-state index contributed by atoms with van der Waals surface area (Å²) in [5.41, 5.74) is 6.46. The monoisotopic (exact) mass is 1410 g/mol. The van der Waals surface area contributed by atoms with Crippen molar-refractivity contribution in [3.63, 3.8) is 0 Å². The van der Waals surface area contributed by atoms with Gasteiger partial charge in [0.15, 0.2) is 21.0 Å². The summed E-state index contributed by atoms with van der Waals surface area (Å²) in [4.78, 5) is 3.54. The van der Waals surface area contributed by atoms with Crippen LogP contribution in [0.15, 0.2) is 215 Å². The number of fused-ring (bicyclic) bond motifs is 1. The summed E-state index contributed by atoms with van der Waals surface area (Å²) in [6.45, 7) is 27.0. The second-order valence-electron chi connectivity index (χ2n) is 28.9. The normalized spacial score (nSPS) is 17.5. The summed E-state index contributed by atoms with van der Waals surface area (Å²) in [7, 11) is 4.78. The number of aromatic hydroxyl groups is 1. The smallest absolute Gasteiger partial charge is 0.226 e. The molecule has 8 aromatic carbocycles. The molecule has 0 bridgehead atoms. The number of phenolic OH excluding ortho intramolecular Hbond substituents is 1. The van der Waals surface area contributed by atoms with Crippen molar-refractivity contribution in [2.24, 2.45) is 17.8 Å². The molecule has 0 aliphatic heterocycles. The topological polar surface area (TPSA) is 94.1 Å². The minimum atomic E-state index is -0.337. The lowest BCUT2D eigenvalue weighted by Crippen LogP contribution is -2.33. The Labute approximate surface area is 619 Å². The number of ether oxygens (including phenoxy) is 8. The first-order chi connectivity index (χ1) is 49.4. The largest absolute Gasteiger partial charge is 0.508 e. The molecule has 3 aliphatic carbocycles. The van der Waals surface area contributed by atoms with E-state index in [9.17, 15) is 0 Å². The number of hydrogen-bond acceptors (Lipinski definition) is 9. The quantitative estimate of drug-likeness (QED) is 0.0399. The summed E-state index contributed by atoms with van der Waals surface area (Å²) in [5.74, 6) is 10.6. The van der Waals surface area contributed by atoms with Gasteiger partial charge in [0, 0.05) is 23.8 Å². The number of hydrogen-bond donors (Lipinski definition) is 1. The fourth-order valence-electron chi connectivity index (χ4n) is 13.2. The molecule has 8 aromatic rings. The Morgan fingerprint density at radius 1 is 0.412 bits per heavy atom. The molecule has 552 valence electrons. The molecule has 102 heavy (non-hydrogen) atoms. The Balaban J connectivity index is 0.000000185. The first kappa shape index (κ1) is 81.9. The third kappa shape index (κ3) is 27.0. The van der Waals surface area contributed by atoms with Gasteiger partial charge in [-0.2, -0.15) is 0 Å². The highest BCUT2D eigenvalue weighted by atomic mass is 32.2. The van der Waals surface area contributed by atoms with Gasteiger partial charge in [0.25, 0.3) is 0 Å². The molecule has 0 heterocycles. The second kappa shape index (κ2) is 43.7. The van der Waals surface area contributed by atoms with E-state index in [0.717, 1.165) is 83.7 Å². The standard InChI is InChI=1S/C27H36O2.C21H21O3S.C19H30O2.C15H24O.C10H14O/c1-3-20(2)21-13-16-25(17-14-21)28-27(23-10-5-4-6-11-23)29-26-18-15-22-9-7-8-12-24(22)19-26;1-22-16-7-4-10-19(13-16)25(20-11-5-8-17(14-20)23-2)21-12-6-9-18(15-21)24-3;1-4-15(2)18-10-12-19(13-11-18)21-16(3)20-14-17-8-6-5-7-9-17;1-6-12(3)13-8-10-14(11-9-13)16-15(4,5)7-2;1-3-8(2)9-4-6-10(11)7-5-9/h4-6,10-11,13-14,16-17,20,22,24,26-27H,3,7-9,12,15,18-19H2,1-2H3;4-15H,1-3H3;10-13,15-17H,4-9,14H2,1-3H3;8-12H,6-7H2,1-5H3;4-8,11H,3H2,1-2H3/q;+1;;;. The molecule has 9 nitrogen and oxygen atoms in total. The molecular formula is C92H125O9S+. The Bertz CT molecular complexity index is 3440. The van der Waals surface area contributed by atoms with E-state index in [1.165, 1.54) is 127 Å². The van der Waals surface area contributed by atoms with E-state index in [0.29, 0.717) is 35.5 Å². The Kier molecular flexibility index (Phi) is 35.1. The van der Waals surface area contributed by atoms with Crippen LogP contribution in [-0.2, 0) is 20.4 Å². The summed E-state index contributed by atoms with van der Waals surface area (Å²) < 4.78 is 46.9. The maximum Gasteiger partial charge on any atom is 0.226 e. The number of methoxy groups -OCH3 is 3. The average Bonchev–Trinajstić information content (AvgIpc) is 0.806. The van der Waals surface area contributed by atoms with Gasteiger partial charge in [-0.1, -0.05) is 204 Å². The first-order valence-corrected chi connectivity index (χ1v) is 39.7. The number of rotatable bonds is 27. The molecule has 3 fully saturated rings. The van der Waals surface area contributed by atoms with E-state index in [-0.39, 0.29) is 29.1 Å². The zero-order chi connectivity index (χ0) is 73.2. The lowest BCUT2D eigenvalue weighted by atomic mass is 9.70. The molecule has 11 rings (SSSR count). The van der Waals surface area contributed by atoms with E-state index in [1.807, 2.05) is 55.5 Å². The molecule has 0 saturated heterocycles. The van der Waals surface area contributed by atoms with Crippen LogP contribution >= 0.6 is 0 Å². The van der Waals surface area contributed by atoms with Crippen LogP contribution in [0.3, 0.4) is 0 Å². The second-order valence-corrected chi connectivity index (χ2v) is 30.9. The molecule has 0 aromatic heterocycles. The van der Waals surface area contributed by atoms with Crippen LogP contribution in [0.5, 0.6) is 40.2 Å². The molecule has 9 atom stereocenters. The molecule has 3 saturated carbocycles. The van der Waals surface area contributed by atoms with Crippen LogP contribution in [-0.4, -0.2) is 51.0 Å². The van der Waals surface area contributed by atoms with Crippen LogP contribution < -0.4 is 28.4 Å². The van der Waals surface area contributed by atoms with E-state index in [2.05, 4.69) is 216 Å². The molecule has 0 amide bonds. The maximum absolute atomic E-state index is 9.01. The Morgan fingerprint density at radius 2 is 0.824 bits per heavy atom. The van der Waals surface area contributed by atoms with E-state index < -0.39 is 0 Å². The van der Waals surface area contributed by atoms with Crippen LogP contribution in [0, 0.1) is 17.8 Å². The average molecular weight is 1410 g/mol. The fraction of sp³-hybridized carbons (Fsp3) is 0.478. The van der Waals surface area contributed by atoms with Gasteiger partial charge in [-0.15, -0.1) is 0 Å². The highest BCUT2D eigenvalue weighted by molar-refractivity contribution is 7.97. The van der Waals surface area contributed by atoms with Crippen molar-refractivity contribution in [2.45, 2.75) is 255 Å². The maximum atomic E-state index is 9.01. The van der Waals surface area contributed by atoms with Crippen molar-refractivity contribution in [3.05, 3.63) is 228 Å². The SMILES string of the molecule is CCC(C)c1ccc(O)cc1.CCC(C)c1ccc(OC(C)(C)CC)cc1.CCC(C)c1ccc(OC(C)OCC2CCCCC2)cc1.CCC(C)c1ccc(OC(OC2CCC3CCCCC3C2)c2ccccc2)cc1.COc1cccc([S+](c2cccc(OC)c2)c2cccc(OC)c2)c1. The third-order valence-corrected chi connectivity index (χ3v) is 23.2. The van der Waals surface area contributed by atoms with Gasteiger partial charge in [0.05, 0.1) is 44.9 Å².